The molecule has 0 aliphatic carbocycles. The number of likely N-dealkylation sites (N-methyl/N-ethyl adjacent to an activating group) is 1. The van der Waals surface area contributed by atoms with E-state index in [0.717, 1.165) is 67.0 Å². The maximum Gasteiger partial charge on any atom is 0.137 e. The second kappa shape index (κ2) is 9.55. The van der Waals surface area contributed by atoms with E-state index in [1.807, 2.05) is 18.2 Å². The topological polar surface area (TPSA) is 39.6 Å². The van der Waals surface area contributed by atoms with E-state index in [4.69, 9.17) is 4.98 Å². The molecule has 1 aliphatic heterocycles. The standard InChI is InChI=1S/C27H34FN3O/c1-4-30-14-16-31(17-15-30)26-23-10-6-5-8-21(23)19-25(29-26)22-12-11-20(24(28)18-22)9-7-13-27(2,3)32/h5-6,8,10-12,18-19,32H,4,7,9,13-17H2,1-3H3. The van der Waals surface area contributed by atoms with E-state index in [0.29, 0.717) is 18.4 Å². The second-order valence-corrected chi connectivity index (χ2v) is 9.45. The van der Waals surface area contributed by atoms with Crippen LogP contribution < -0.4 is 4.90 Å². The first-order chi connectivity index (χ1) is 15.3. The van der Waals surface area contributed by atoms with Crippen LogP contribution in [0.2, 0.25) is 0 Å². The van der Waals surface area contributed by atoms with Gasteiger partial charge in [0.2, 0.25) is 0 Å². The molecule has 4 rings (SSSR count). The van der Waals surface area contributed by atoms with Crippen molar-refractivity contribution in [3.05, 3.63) is 59.9 Å². The van der Waals surface area contributed by atoms with Gasteiger partial charge in [0.15, 0.2) is 0 Å². The predicted molar refractivity (Wildman–Crippen MR) is 131 cm³/mol. The first kappa shape index (κ1) is 22.7. The minimum atomic E-state index is -0.718. The van der Waals surface area contributed by atoms with E-state index in [1.165, 1.54) is 0 Å². The zero-order chi connectivity index (χ0) is 22.7. The van der Waals surface area contributed by atoms with Crippen LogP contribution in [-0.4, -0.2) is 53.3 Å². The monoisotopic (exact) mass is 435 g/mol. The highest BCUT2D eigenvalue weighted by Crippen LogP contribution is 2.31. The van der Waals surface area contributed by atoms with Crippen LogP contribution in [0, 0.1) is 5.82 Å². The van der Waals surface area contributed by atoms with Crippen molar-refractivity contribution >= 4 is 16.6 Å². The molecule has 1 aromatic heterocycles. The molecule has 0 spiro atoms. The Labute approximate surface area is 190 Å². The Hall–Kier alpha value is -2.50. The van der Waals surface area contributed by atoms with Gasteiger partial charge in [-0.3, -0.25) is 0 Å². The van der Waals surface area contributed by atoms with Crippen molar-refractivity contribution in [3.8, 4) is 11.3 Å². The van der Waals surface area contributed by atoms with Crippen LogP contribution >= 0.6 is 0 Å². The number of fused-ring (bicyclic) bond motifs is 1. The van der Waals surface area contributed by atoms with Gasteiger partial charge in [0.05, 0.1) is 11.3 Å². The minimum absolute atomic E-state index is 0.202. The van der Waals surface area contributed by atoms with Gasteiger partial charge in [-0.05, 0) is 62.7 Å². The Kier molecular flexibility index (Phi) is 6.77. The van der Waals surface area contributed by atoms with Gasteiger partial charge >= 0.3 is 0 Å². The van der Waals surface area contributed by atoms with Gasteiger partial charge in [-0.2, -0.15) is 0 Å². The third kappa shape index (κ3) is 5.28. The Morgan fingerprint density at radius 1 is 1.03 bits per heavy atom. The number of rotatable bonds is 7. The summed E-state index contributed by atoms with van der Waals surface area (Å²) < 4.78 is 14.9. The summed E-state index contributed by atoms with van der Waals surface area (Å²) in [6.45, 7) is 10.8. The molecule has 0 radical (unpaired) electrons. The van der Waals surface area contributed by atoms with E-state index < -0.39 is 5.60 Å². The number of hydrogen-bond acceptors (Lipinski definition) is 4. The number of halogens is 1. The fraction of sp³-hybridized carbons (Fsp3) is 0.444. The molecule has 32 heavy (non-hydrogen) atoms. The maximum atomic E-state index is 14.9. The van der Waals surface area contributed by atoms with E-state index in [1.54, 1.807) is 19.9 Å². The average molecular weight is 436 g/mol. The molecule has 1 saturated heterocycles. The summed E-state index contributed by atoms with van der Waals surface area (Å²) in [5.74, 6) is 0.787. The van der Waals surface area contributed by atoms with Gasteiger partial charge in [-0.25, -0.2) is 9.37 Å². The molecule has 2 aromatic carbocycles. The number of anilines is 1. The Bertz CT molecular complexity index is 1070. The predicted octanol–water partition coefficient (Wildman–Crippen LogP) is 5.28. The van der Waals surface area contributed by atoms with Gasteiger partial charge in [0.1, 0.15) is 11.6 Å². The third-order valence-corrected chi connectivity index (χ3v) is 6.42. The Morgan fingerprint density at radius 2 is 1.78 bits per heavy atom. The van der Waals surface area contributed by atoms with Crippen molar-refractivity contribution in [1.82, 2.24) is 9.88 Å². The van der Waals surface area contributed by atoms with Crippen LogP contribution in [0.5, 0.6) is 0 Å². The summed E-state index contributed by atoms with van der Waals surface area (Å²) in [4.78, 5) is 9.83. The smallest absolute Gasteiger partial charge is 0.137 e. The van der Waals surface area contributed by atoms with E-state index in [-0.39, 0.29) is 5.82 Å². The van der Waals surface area contributed by atoms with Crippen molar-refractivity contribution in [2.45, 2.75) is 45.6 Å². The van der Waals surface area contributed by atoms with Gasteiger partial charge < -0.3 is 14.9 Å². The zero-order valence-corrected chi connectivity index (χ0v) is 19.4. The summed E-state index contributed by atoms with van der Waals surface area (Å²) in [6.07, 6.45) is 2.02. The summed E-state index contributed by atoms with van der Waals surface area (Å²) >= 11 is 0. The summed E-state index contributed by atoms with van der Waals surface area (Å²) in [5.41, 5.74) is 1.57. The number of aryl methyl sites for hydroxylation is 1. The molecule has 0 unspecified atom stereocenters. The van der Waals surface area contributed by atoms with Gasteiger partial charge in [-0.15, -0.1) is 0 Å². The molecule has 1 fully saturated rings. The lowest BCUT2D eigenvalue weighted by molar-refractivity contribution is 0.0689. The van der Waals surface area contributed by atoms with Crippen LogP contribution in [0.25, 0.3) is 22.0 Å². The molecule has 2 heterocycles. The molecule has 1 N–H and O–H groups in total. The minimum Gasteiger partial charge on any atom is -0.390 e. The highest BCUT2D eigenvalue weighted by Gasteiger charge is 2.20. The summed E-state index contributed by atoms with van der Waals surface area (Å²) in [5, 5.41) is 12.2. The van der Waals surface area contributed by atoms with Crippen LogP contribution in [0.1, 0.15) is 39.2 Å². The van der Waals surface area contributed by atoms with E-state index >= 15 is 0 Å². The lowest BCUT2D eigenvalue weighted by Crippen LogP contribution is -2.46. The average Bonchev–Trinajstić information content (AvgIpc) is 2.78. The Balaban J connectivity index is 1.62. The largest absolute Gasteiger partial charge is 0.390 e. The molecular formula is C27H34FN3O. The van der Waals surface area contributed by atoms with Gasteiger partial charge in [-0.1, -0.05) is 43.3 Å². The van der Waals surface area contributed by atoms with Crippen LogP contribution in [0.3, 0.4) is 0 Å². The highest BCUT2D eigenvalue weighted by molar-refractivity contribution is 5.95. The fourth-order valence-electron chi connectivity index (χ4n) is 4.47. The molecule has 0 amide bonds. The fourth-order valence-corrected chi connectivity index (χ4v) is 4.47. The molecule has 3 aromatic rings. The first-order valence-corrected chi connectivity index (χ1v) is 11.7. The van der Waals surface area contributed by atoms with E-state index in [2.05, 4.69) is 41.0 Å². The van der Waals surface area contributed by atoms with Crippen molar-refractivity contribution < 1.29 is 9.50 Å². The van der Waals surface area contributed by atoms with Gasteiger partial charge in [0, 0.05) is 37.1 Å². The maximum absolute atomic E-state index is 14.9. The zero-order valence-electron chi connectivity index (χ0n) is 19.4. The number of hydrogen-bond donors (Lipinski definition) is 1. The second-order valence-electron chi connectivity index (χ2n) is 9.45. The summed E-state index contributed by atoms with van der Waals surface area (Å²) in [7, 11) is 0. The summed E-state index contributed by atoms with van der Waals surface area (Å²) in [6, 6.07) is 15.8. The van der Waals surface area contributed by atoms with Crippen molar-refractivity contribution in [3.63, 3.8) is 0 Å². The van der Waals surface area contributed by atoms with Crippen molar-refractivity contribution in [2.24, 2.45) is 0 Å². The number of aromatic nitrogens is 1. The lowest BCUT2D eigenvalue weighted by atomic mass is 9.97. The number of piperazine rings is 1. The third-order valence-electron chi connectivity index (χ3n) is 6.42. The van der Waals surface area contributed by atoms with E-state index in [9.17, 15) is 9.50 Å². The molecule has 0 saturated carbocycles. The number of nitrogens with zero attached hydrogens (tertiary/aromatic N) is 3. The molecule has 0 bridgehead atoms. The molecule has 4 nitrogen and oxygen atoms in total. The SMILES string of the molecule is CCN1CCN(c2nc(-c3ccc(CCCC(C)(C)O)c(F)c3)cc3ccccc23)CC1. The van der Waals surface area contributed by atoms with Crippen molar-refractivity contribution in [2.75, 3.05) is 37.6 Å². The first-order valence-electron chi connectivity index (χ1n) is 11.7. The molecule has 1 aliphatic rings. The van der Waals surface area contributed by atoms with Crippen molar-refractivity contribution in [1.29, 1.82) is 0 Å². The normalized spacial score (nSPS) is 15.5. The molecular weight excluding hydrogens is 401 g/mol. The van der Waals surface area contributed by atoms with Crippen LogP contribution in [-0.2, 0) is 6.42 Å². The van der Waals surface area contributed by atoms with Crippen LogP contribution in [0.4, 0.5) is 10.2 Å². The lowest BCUT2D eigenvalue weighted by Gasteiger charge is -2.35. The molecule has 0 atom stereocenters. The number of benzene rings is 2. The molecule has 170 valence electrons. The number of aliphatic hydroxyl groups is 1. The number of pyridine rings is 1. The quantitative estimate of drug-likeness (QED) is 0.548. The van der Waals surface area contributed by atoms with Gasteiger partial charge in [0.25, 0.3) is 0 Å². The molecule has 5 heteroatoms. The van der Waals surface area contributed by atoms with Crippen LogP contribution in [0.15, 0.2) is 48.5 Å². The highest BCUT2D eigenvalue weighted by atomic mass is 19.1. The Morgan fingerprint density at radius 3 is 2.47 bits per heavy atom.